The number of ether oxygens (including phenoxy) is 2. The highest BCUT2D eigenvalue weighted by molar-refractivity contribution is 5.92. The molecule has 8 heteroatoms. The third-order valence-corrected chi connectivity index (χ3v) is 5.97. The average molecular weight is 469 g/mol. The molecule has 182 valence electrons. The van der Waals surface area contributed by atoms with Crippen LogP contribution in [0.25, 0.3) is 11.1 Å². The van der Waals surface area contributed by atoms with Gasteiger partial charge in [0.25, 0.3) is 5.91 Å². The van der Waals surface area contributed by atoms with Crippen molar-refractivity contribution in [2.75, 3.05) is 26.9 Å². The van der Waals surface area contributed by atoms with Gasteiger partial charge in [0.2, 0.25) is 0 Å². The molecule has 2 aromatic carbocycles. The summed E-state index contributed by atoms with van der Waals surface area (Å²) in [6.45, 7) is 6.13. The number of fused-ring (bicyclic) bond motifs is 3. The highest BCUT2D eigenvalue weighted by Crippen LogP contribution is 2.44. The molecule has 34 heavy (non-hydrogen) atoms. The predicted molar refractivity (Wildman–Crippen MR) is 128 cm³/mol. The van der Waals surface area contributed by atoms with Crippen LogP contribution in [0, 0.1) is 0 Å². The molecular weight excluding hydrogens is 436 g/mol. The van der Waals surface area contributed by atoms with E-state index in [0.717, 1.165) is 22.3 Å². The number of hydrogen-bond acceptors (Lipinski definition) is 5. The number of carbonyl (C=O) groups excluding carboxylic acids is 2. The first-order chi connectivity index (χ1) is 16.0. The molecule has 0 saturated heterocycles. The lowest BCUT2D eigenvalue weighted by molar-refractivity contribution is -0.153. The van der Waals surface area contributed by atoms with E-state index in [1.165, 1.54) is 18.9 Å². The topological polar surface area (TPSA) is 105 Å². The maximum atomic E-state index is 13.4. The van der Waals surface area contributed by atoms with E-state index in [2.05, 4.69) is 5.32 Å². The van der Waals surface area contributed by atoms with Gasteiger partial charge in [0, 0.05) is 18.6 Å². The Kier molecular flexibility index (Phi) is 7.31. The molecule has 0 radical (unpaired) electrons. The standard InChI is InChI=1S/C26H32N2O6/c1-25(2,3)28(14-22(29)30)23(31)26(4,16-33-5)27-24(32)34-15-21-19-12-8-6-10-17(19)18-11-7-9-13-20(18)21/h6-13,21H,14-16H2,1-5H3,(H,27,32)(H,29,30). The minimum Gasteiger partial charge on any atom is -0.480 e. The van der Waals surface area contributed by atoms with E-state index in [4.69, 9.17) is 9.47 Å². The molecule has 0 bridgehead atoms. The quantitative estimate of drug-likeness (QED) is 0.613. The SMILES string of the molecule is COCC(C)(NC(=O)OCC1c2ccccc2-c2ccccc21)C(=O)N(CC(=O)O)C(C)(C)C. The van der Waals surface area contributed by atoms with Gasteiger partial charge in [-0.2, -0.15) is 0 Å². The summed E-state index contributed by atoms with van der Waals surface area (Å²) >= 11 is 0. The summed E-state index contributed by atoms with van der Waals surface area (Å²) in [5, 5.41) is 11.9. The molecule has 1 aliphatic rings. The lowest BCUT2D eigenvalue weighted by Crippen LogP contribution is -2.64. The van der Waals surface area contributed by atoms with Crippen molar-refractivity contribution < 1.29 is 29.0 Å². The highest BCUT2D eigenvalue weighted by Gasteiger charge is 2.43. The molecule has 3 rings (SSSR count). The van der Waals surface area contributed by atoms with Gasteiger partial charge >= 0.3 is 12.1 Å². The Hall–Kier alpha value is -3.39. The summed E-state index contributed by atoms with van der Waals surface area (Å²) in [5.41, 5.74) is 2.08. The van der Waals surface area contributed by atoms with Gasteiger partial charge in [-0.25, -0.2) is 4.79 Å². The molecule has 1 unspecified atom stereocenters. The number of hydrogen-bond donors (Lipinski definition) is 2. The van der Waals surface area contributed by atoms with Gasteiger partial charge in [0.05, 0.1) is 6.61 Å². The fourth-order valence-corrected chi connectivity index (χ4v) is 4.35. The maximum Gasteiger partial charge on any atom is 0.408 e. The second kappa shape index (κ2) is 9.85. The Labute approximate surface area is 199 Å². The summed E-state index contributed by atoms with van der Waals surface area (Å²) < 4.78 is 10.8. The first-order valence-corrected chi connectivity index (χ1v) is 11.1. The largest absolute Gasteiger partial charge is 0.480 e. The number of nitrogens with zero attached hydrogens (tertiary/aromatic N) is 1. The number of rotatable bonds is 8. The Morgan fingerprint density at radius 2 is 1.50 bits per heavy atom. The summed E-state index contributed by atoms with van der Waals surface area (Å²) in [5.74, 6) is -1.84. The second-order valence-electron chi connectivity index (χ2n) is 9.67. The predicted octanol–water partition coefficient (Wildman–Crippen LogP) is 3.64. The smallest absolute Gasteiger partial charge is 0.408 e. The number of benzene rings is 2. The van der Waals surface area contributed by atoms with Gasteiger partial charge in [-0.3, -0.25) is 9.59 Å². The van der Waals surface area contributed by atoms with E-state index >= 15 is 0 Å². The van der Waals surface area contributed by atoms with Crippen LogP contribution in [0.1, 0.15) is 44.7 Å². The van der Waals surface area contributed by atoms with Crippen molar-refractivity contribution in [1.82, 2.24) is 10.2 Å². The van der Waals surface area contributed by atoms with E-state index in [9.17, 15) is 19.5 Å². The summed E-state index contributed by atoms with van der Waals surface area (Å²) in [7, 11) is 1.41. The van der Waals surface area contributed by atoms with Gasteiger partial charge < -0.3 is 24.8 Å². The normalized spacial score (nSPS) is 14.5. The van der Waals surface area contributed by atoms with Gasteiger partial charge in [-0.15, -0.1) is 0 Å². The minimum absolute atomic E-state index is 0.0925. The van der Waals surface area contributed by atoms with Crippen LogP contribution in [0.3, 0.4) is 0 Å². The molecule has 0 aliphatic heterocycles. The summed E-state index contributed by atoms with van der Waals surface area (Å²) in [6, 6.07) is 16.0. The van der Waals surface area contributed by atoms with Crippen LogP contribution < -0.4 is 5.32 Å². The van der Waals surface area contributed by atoms with Gasteiger partial charge in [-0.05, 0) is 49.9 Å². The summed E-state index contributed by atoms with van der Waals surface area (Å²) in [4.78, 5) is 38.8. The van der Waals surface area contributed by atoms with Crippen molar-refractivity contribution >= 4 is 18.0 Å². The molecular formula is C26H32N2O6. The third kappa shape index (κ3) is 5.22. The van der Waals surface area contributed by atoms with Crippen molar-refractivity contribution in [2.45, 2.75) is 44.7 Å². The lowest BCUT2D eigenvalue weighted by Gasteiger charge is -2.40. The van der Waals surface area contributed by atoms with Gasteiger partial charge in [0.1, 0.15) is 18.7 Å². The number of nitrogens with one attached hydrogen (secondary N) is 1. The monoisotopic (exact) mass is 468 g/mol. The number of aliphatic carboxylic acids is 1. The zero-order valence-corrected chi connectivity index (χ0v) is 20.3. The van der Waals surface area contributed by atoms with E-state index in [1.54, 1.807) is 20.8 Å². The molecule has 2 amide bonds. The number of methoxy groups -OCH3 is 1. The Morgan fingerprint density at radius 3 is 1.97 bits per heavy atom. The zero-order chi connectivity index (χ0) is 25.1. The van der Waals surface area contributed by atoms with E-state index in [-0.39, 0.29) is 19.1 Å². The molecule has 0 fully saturated rings. The fraction of sp³-hybridized carbons (Fsp3) is 0.423. The van der Waals surface area contributed by atoms with Crippen LogP contribution in [-0.4, -0.2) is 65.9 Å². The number of amides is 2. The maximum absolute atomic E-state index is 13.4. The summed E-state index contributed by atoms with van der Waals surface area (Å²) in [6.07, 6.45) is -0.779. The molecule has 0 aromatic heterocycles. The zero-order valence-electron chi connectivity index (χ0n) is 20.3. The van der Waals surface area contributed by atoms with E-state index in [1.807, 2.05) is 48.5 Å². The molecule has 2 N–H and O–H groups in total. The number of alkyl carbamates (subject to hydrolysis) is 1. The second-order valence-corrected chi connectivity index (χ2v) is 9.67. The van der Waals surface area contributed by atoms with Crippen molar-refractivity contribution in [3.05, 3.63) is 59.7 Å². The van der Waals surface area contributed by atoms with Crippen molar-refractivity contribution in [1.29, 1.82) is 0 Å². The van der Waals surface area contributed by atoms with Crippen LogP contribution in [0.5, 0.6) is 0 Å². The van der Waals surface area contributed by atoms with Gasteiger partial charge in [0.15, 0.2) is 0 Å². The Morgan fingerprint density at radius 1 is 0.971 bits per heavy atom. The molecule has 0 heterocycles. The van der Waals surface area contributed by atoms with E-state index in [0.29, 0.717) is 0 Å². The highest BCUT2D eigenvalue weighted by atomic mass is 16.5. The minimum atomic E-state index is -1.51. The van der Waals surface area contributed by atoms with E-state index < -0.39 is 35.6 Å². The van der Waals surface area contributed by atoms with Gasteiger partial charge in [-0.1, -0.05) is 48.5 Å². The van der Waals surface area contributed by atoms with Crippen LogP contribution in [0.15, 0.2) is 48.5 Å². The van der Waals surface area contributed by atoms with Crippen LogP contribution in [-0.2, 0) is 19.1 Å². The molecule has 0 saturated carbocycles. The third-order valence-electron chi connectivity index (χ3n) is 5.97. The van der Waals surface area contributed by atoms with Crippen molar-refractivity contribution in [3.63, 3.8) is 0 Å². The lowest BCUT2D eigenvalue weighted by atomic mass is 9.96. The van der Waals surface area contributed by atoms with Crippen LogP contribution in [0.2, 0.25) is 0 Å². The average Bonchev–Trinajstić information content (AvgIpc) is 3.08. The Bertz CT molecular complexity index is 1030. The molecule has 0 spiro atoms. The first-order valence-electron chi connectivity index (χ1n) is 11.1. The molecule has 2 aromatic rings. The number of carboxylic acids is 1. The van der Waals surface area contributed by atoms with Crippen molar-refractivity contribution in [2.24, 2.45) is 0 Å². The van der Waals surface area contributed by atoms with Crippen LogP contribution >= 0.6 is 0 Å². The van der Waals surface area contributed by atoms with Crippen LogP contribution in [0.4, 0.5) is 4.79 Å². The number of carbonyl (C=O) groups is 3. The first kappa shape index (κ1) is 25.2. The van der Waals surface area contributed by atoms with Crippen molar-refractivity contribution in [3.8, 4) is 11.1 Å². The molecule has 1 aliphatic carbocycles. The fourth-order valence-electron chi connectivity index (χ4n) is 4.35. The Balaban J connectivity index is 1.77. The number of carboxylic acid groups (broad SMARTS) is 1. The molecule has 8 nitrogen and oxygen atoms in total. The molecule has 1 atom stereocenters.